The Bertz CT molecular complexity index is 1230. The first kappa shape index (κ1) is 19.7. The molecule has 8 nitrogen and oxygen atoms in total. The molecule has 2 aliphatic heterocycles. The van der Waals surface area contributed by atoms with E-state index in [-0.39, 0.29) is 10.7 Å². The molecule has 1 aromatic carbocycles. The Balaban J connectivity index is 1.47. The SMILES string of the molecule is CN1CCN(c2ccc(-c3cnc4ccc(/C=C5\SC(=O)NC5=O)nn34)cc2F)CC1. The zero-order valence-corrected chi connectivity index (χ0v) is 17.5. The third kappa shape index (κ3) is 3.79. The molecule has 2 saturated heterocycles. The summed E-state index contributed by atoms with van der Waals surface area (Å²) in [6.45, 7) is 3.38. The highest BCUT2D eigenvalue weighted by atomic mass is 32.2. The second kappa shape index (κ2) is 7.78. The molecule has 5 rings (SSSR count). The lowest BCUT2D eigenvalue weighted by Crippen LogP contribution is -2.44. The molecule has 0 saturated carbocycles. The monoisotopic (exact) mass is 438 g/mol. The van der Waals surface area contributed by atoms with Crippen molar-refractivity contribution in [3.05, 3.63) is 52.9 Å². The molecule has 3 aromatic rings. The van der Waals surface area contributed by atoms with E-state index in [1.165, 1.54) is 6.07 Å². The van der Waals surface area contributed by atoms with Crippen LogP contribution in [0.1, 0.15) is 5.69 Å². The standard InChI is InChI=1S/C21H19FN6O2S/c1-26-6-8-27(9-7-26)16-4-2-13(10-15(16)22)17-12-23-19-5-3-14(25-28(17)19)11-18-20(29)24-21(30)31-18/h2-5,10-12H,6-9H2,1H3,(H,24,29,30)/b18-11-. The molecule has 0 spiro atoms. The number of aromatic nitrogens is 3. The smallest absolute Gasteiger partial charge is 0.290 e. The number of likely N-dealkylation sites (N-methyl/N-ethyl adjacent to an activating group) is 1. The van der Waals surface area contributed by atoms with Crippen LogP contribution in [-0.4, -0.2) is 63.9 Å². The van der Waals surface area contributed by atoms with Crippen LogP contribution >= 0.6 is 11.8 Å². The summed E-state index contributed by atoms with van der Waals surface area (Å²) in [6, 6.07) is 8.64. The van der Waals surface area contributed by atoms with Crippen LogP contribution in [0.25, 0.3) is 23.0 Å². The van der Waals surface area contributed by atoms with Crippen molar-refractivity contribution in [1.82, 2.24) is 24.8 Å². The van der Waals surface area contributed by atoms with Crippen molar-refractivity contribution >= 4 is 40.3 Å². The maximum atomic E-state index is 15.0. The Labute approximate surface area is 181 Å². The van der Waals surface area contributed by atoms with Crippen molar-refractivity contribution in [2.75, 3.05) is 38.1 Å². The Morgan fingerprint density at radius 3 is 2.65 bits per heavy atom. The molecule has 1 N–H and O–H groups in total. The predicted molar refractivity (Wildman–Crippen MR) is 117 cm³/mol. The van der Waals surface area contributed by atoms with Gasteiger partial charge in [0.05, 0.1) is 28.2 Å². The maximum absolute atomic E-state index is 15.0. The van der Waals surface area contributed by atoms with E-state index < -0.39 is 11.1 Å². The van der Waals surface area contributed by atoms with Crippen molar-refractivity contribution in [3.8, 4) is 11.3 Å². The summed E-state index contributed by atoms with van der Waals surface area (Å²) >= 11 is 0.833. The topological polar surface area (TPSA) is 82.8 Å². The quantitative estimate of drug-likeness (QED) is 0.630. The molecule has 2 amide bonds. The van der Waals surface area contributed by atoms with Crippen LogP contribution in [-0.2, 0) is 4.79 Å². The van der Waals surface area contributed by atoms with Gasteiger partial charge in [-0.1, -0.05) is 6.07 Å². The first-order chi connectivity index (χ1) is 15.0. The molecular formula is C21H19FN6O2S. The number of imide groups is 1. The summed E-state index contributed by atoms with van der Waals surface area (Å²) < 4.78 is 16.6. The summed E-state index contributed by atoms with van der Waals surface area (Å²) in [5.74, 6) is -0.725. The maximum Gasteiger partial charge on any atom is 0.290 e. The normalized spacial score (nSPS) is 18.9. The number of piperazine rings is 1. The van der Waals surface area contributed by atoms with Gasteiger partial charge in [0.15, 0.2) is 5.65 Å². The zero-order chi connectivity index (χ0) is 21.5. The van der Waals surface area contributed by atoms with Crippen molar-refractivity contribution in [3.63, 3.8) is 0 Å². The summed E-state index contributed by atoms with van der Waals surface area (Å²) in [6.07, 6.45) is 3.19. The molecule has 2 fully saturated rings. The minimum atomic E-state index is -0.440. The summed E-state index contributed by atoms with van der Waals surface area (Å²) in [7, 11) is 2.06. The van der Waals surface area contributed by atoms with E-state index in [4.69, 9.17) is 0 Å². The van der Waals surface area contributed by atoms with Crippen LogP contribution in [0.15, 0.2) is 41.4 Å². The van der Waals surface area contributed by atoms with E-state index in [1.807, 2.05) is 6.07 Å². The van der Waals surface area contributed by atoms with Crippen LogP contribution < -0.4 is 10.2 Å². The molecule has 4 heterocycles. The molecular weight excluding hydrogens is 419 g/mol. The number of benzene rings is 1. The van der Waals surface area contributed by atoms with E-state index in [0.29, 0.717) is 28.3 Å². The molecule has 158 valence electrons. The Kier molecular flexibility index (Phi) is 4.95. The highest BCUT2D eigenvalue weighted by Crippen LogP contribution is 2.28. The molecule has 10 heteroatoms. The van der Waals surface area contributed by atoms with Gasteiger partial charge < -0.3 is 9.80 Å². The minimum absolute atomic E-state index is 0.279. The number of imidazole rings is 1. The number of halogens is 1. The summed E-state index contributed by atoms with van der Waals surface area (Å²) in [5.41, 5.74) is 2.98. The molecule has 0 aliphatic carbocycles. The Hall–Kier alpha value is -3.24. The van der Waals surface area contributed by atoms with E-state index in [2.05, 4.69) is 32.2 Å². The zero-order valence-electron chi connectivity index (χ0n) is 16.7. The number of nitrogens with one attached hydrogen (secondary N) is 1. The highest BCUT2D eigenvalue weighted by Gasteiger charge is 2.25. The second-order valence-electron chi connectivity index (χ2n) is 7.48. The van der Waals surface area contributed by atoms with Gasteiger partial charge in [0.2, 0.25) is 0 Å². The van der Waals surface area contributed by atoms with Gasteiger partial charge in [-0.25, -0.2) is 13.9 Å². The third-order valence-corrected chi connectivity index (χ3v) is 6.20. The van der Waals surface area contributed by atoms with Crippen LogP contribution in [0, 0.1) is 5.82 Å². The molecule has 31 heavy (non-hydrogen) atoms. The number of rotatable bonds is 3. The summed E-state index contributed by atoms with van der Waals surface area (Å²) in [5, 5.41) is 6.33. The lowest BCUT2D eigenvalue weighted by Gasteiger charge is -2.34. The number of thioether (sulfide) groups is 1. The average molecular weight is 438 g/mol. The second-order valence-corrected chi connectivity index (χ2v) is 8.50. The fourth-order valence-electron chi connectivity index (χ4n) is 3.69. The van der Waals surface area contributed by atoms with Gasteiger partial charge in [-0.3, -0.25) is 14.9 Å². The van der Waals surface area contributed by atoms with Crippen molar-refractivity contribution in [2.45, 2.75) is 0 Å². The van der Waals surface area contributed by atoms with E-state index >= 15 is 0 Å². The number of carbonyl (C=O) groups excluding carboxylic acids is 2. The molecule has 0 bridgehead atoms. The van der Waals surface area contributed by atoms with E-state index in [0.717, 1.165) is 37.9 Å². The van der Waals surface area contributed by atoms with Crippen LogP contribution in [0.5, 0.6) is 0 Å². The van der Waals surface area contributed by atoms with Crippen molar-refractivity contribution in [1.29, 1.82) is 0 Å². The molecule has 0 atom stereocenters. The molecule has 2 aromatic heterocycles. The fraction of sp³-hybridized carbons (Fsp3) is 0.238. The van der Waals surface area contributed by atoms with Gasteiger partial charge in [0, 0.05) is 31.7 Å². The summed E-state index contributed by atoms with van der Waals surface area (Å²) in [4.78, 5) is 32.1. The van der Waals surface area contributed by atoms with Crippen LogP contribution in [0.4, 0.5) is 14.9 Å². The number of amides is 2. The number of nitrogens with zero attached hydrogens (tertiary/aromatic N) is 5. The fourth-order valence-corrected chi connectivity index (χ4v) is 4.35. The van der Waals surface area contributed by atoms with Crippen LogP contribution in [0.2, 0.25) is 0 Å². The molecule has 0 unspecified atom stereocenters. The third-order valence-electron chi connectivity index (χ3n) is 5.39. The first-order valence-corrected chi connectivity index (χ1v) is 10.6. The van der Waals surface area contributed by atoms with Crippen molar-refractivity contribution in [2.24, 2.45) is 0 Å². The first-order valence-electron chi connectivity index (χ1n) is 9.81. The lowest BCUT2D eigenvalue weighted by atomic mass is 10.1. The molecule has 0 radical (unpaired) electrons. The number of carbonyl (C=O) groups is 2. The lowest BCUT2D eigenvalue weighted by molar-refractivity contribution is -0.115. The van der Waals surface area contributed by atoms with Gasteiger partial charge in [-0.05, 0) is 49.2 Å². The molecule has 2 aliphatic rings. The van der Waals surface area contributed by atoms with E-state index in [9.17, 15) is 14.0 Å². The average Bonchev–Trinajstić information content (AvgIpc) is 3.31. The van der Waals surface area contributed by atoms with Gasteiger partial charge in [0.25, 0.3) is 11.1 Å². The number of hydrogen-bond donors (Lipinski definition) is 1. The van der Waals surface area contributed by atoms with Gasteiger partial charge in [0.1, 0.15) is 5.82 Å². The number of hydrogen-bond acceptors (Lipinski definition) is 7. The van der Waals surface area contributed by atoms with Gasteiger partial charge in [-0.15, -0.1) is 0 Å². The van der Waals surface area contributed by atoms with E-state index in [1.54, 1.807) is 35.0 Å². The van der Waals surface area contributed by atoms with Crippen molar-refractivity contribution < 1.29 is 14.0 Å². The Morgan fingerprint density at radius 1 is 1.13 bits per heavy atom. The van der Waals surface area contributed by atoms with Gasteiger partial charge in [-0.2, -0.15) is 5.10 Å². The predicted octanol–water partition coefficient (Wildman–Crippen LogP) is 2.61. The van der Waals surface area contributed by atoms with Gasteiger partial charge >= 0.3 is 0 Å². The Morgan fingerprint density at radius 2 is 1.94 bits per heavy atom. The number of anilines is 1. The van der Waals surface area contributed by atoms with Crippen LogP contribution in [0.3, 0.4) is 0 Å². The largest absolute Gasteiger partial charge is 0.367 e. The number of fused-ring (bicyclic) bond motifs is 1. The highest BCUT2D eigenvalue weighted by molar-refractivity contribution is 8.18. The minimum Gasteiger partial charge on any atom is -0.367 e.